The number of para-hydroxylation sites is 2. The van der Waals surface area contributed by atoms with Gasteiger partial charge in [-0.25, -0.2) is 0 Å². The molecule has 0 fully saturated rings. The number of benzene rings is 1. The summed E-state index contributed by atoms with van der Waals surface area (Å²) < 4.78 is 1.58. The number of hydrogen-bond donors (Lipinski definition) is 2. The number of nitrogens with zero attached hydrogens (tertiary/aromatic N) is 2. The number of rotatable bonds is 2. The van der Waals surface area contributed by atoms with Crippen molar-refractivity contribution in [3.63, 3.8) is 0 Å². The van der Waals surface area contributed by atoms with Crippen LogP contribution in [0.25, 0.3) is 0 Å². The van der Waals surface area contributed by atoms with Gasteiger partial charge in [0.05, 0.1) is 11.4 Å². The van der Waals surface area contributed by atoms with Crippen molar-refractivity contribution in [1.29, 1.82) is 0 Å². The van der Waals surface area contributed by atoms with E-state index in [0.29, 0.717) is 11.4 Å². The second kappa shape index (κ2) is 5.24. The maximum Gasteiger partial charge on any atom is 0.293 e. The molecule has 0 saturated heterocycles. The number of anilines is 2. The first-order chi connectivity index (χ1) is 10.1. The molecule has 3 rings (SSSR count). The second-order valence-corrected chi connectivity index (χ2v) is 4.78. The Morgan fingerprint density at radius 2 is 2.10 bits per heavy atom. The quantitative estimate of drug-likeness (QED) is 0.796. The van der Waals surface area contributed by atoms with Crippen molar-refractivity contribution in [2.24, 2.45) is 0 Å². The topological polar surface area (TPSA) is 73.5 Å². The number of amides is 2. The van der Waals surface area contributed by atoms with Crippen LogP contribution < -0.4 is 14.8 Å². The molecule has 21 heavy (non-hydrogen) atoms. The van der Waals surface area contributed by atoms with E-state index in [1.807, 2.05) is 6.07 Å². The third-order valence-corrected chi connectivity index (χ3v) is 3.23. The SMILES string of the molecule is O=C1CN(C(=O)C[n+]2cccc(O)c2)c2ccccc2N1. The van der Waals surface area contributed by atoms with Gasteiger partial charge < -0.3 is 10.4 Å². The highest BCUT2D eigenvalue weighted by molar-refractivity contribution is 6.09. The summed E-state index contributed by atoms with van der Waals surface area (Å²) in [5.74, 6) is -0.349. The predicted octanol–water partition coefficient (Wildman–Crippen LogP) is 0.665. The number of aromatic nitrogens is 1. The van der Waals surface area contributed by atoms with Gasteiger partial charge >= 0.3 is 0 Å². The number of nitrogens with one attached hydrogen (secondary N) is 1. The first kappa shape index (κ1) is 13.1. The van der Waals surface area contributed by atoms with Crippen molar-refractivity contribution in [2.75, 3.05) is 16.8 Å². The lowest BCUT2D eigenvalue weighted by Gasteiger charge is -2.28. The summed E-state index contributed by atoms with van der Waals surface area (Å²) in [6.45, 7) is 0.0469. The molecule has 0 radical (unpaired) electrons. The van der Waals surface area contributed by atoms with Gasteiger partial charge in [-0.15, -0.1) is 0 Å². The van der Waals surface area contributed by atoms with Gasteiger partial charge in [-0.2, -0.15) is 4.57 Å². The zero-order valence-corrected chi connectivity index (χ0v) is 11.2. The fourth-order valence-corrected chi connectivity index (χ4v) is 2.30. The second-order valence-electron chi connectivity index (χ2n) is 4.78. The van der Waals surface area contributed by atoms with Gasteiger partial charge in [0.2, 0.25) is 18.6 Å². The third kappa shape index (κ3) is 2.69. The smallest absolute Gasteiger partial charge is 0.293 e. The molecular weight excluding hydrogens is 270 g/mol. The van der Waals surface area contributed by atoms with Crippen LogP contribution in [0.2, 0.25) is 0 Å². The van der Waals surface area contributed by atoms with Gasteiger partial charge in [-0.05, 0) is 18.2 Å². The monoisotopic (exact) mass is 284 g/mol. The van der Waals surface area contributed by atoms with Crippen LogP contribution in [0.1, 0.15) is 0 Å². The molecular formula is C15H14N3O3+. The van der Waals surface area contributed by atoms with E-state index in [-0.39, 0.29) is 30.7 Å². The van der Waals surface area contributed by atoms with E-state index in [1.165, 1.54) is 17.2 Å². The molecule has 2 N–H and O–H groups in total. The fraction of sp³-hybridized carbons (Fsp3) is 0.133. The number of aromatic hydroxyl groups is 1. The minimum absolute atomic E-state index is 0.00474. The highest BCUT2D eigenvalue weighted by Crippen LogP contribution is 2.28. The van der Waals surface area contributed by atoms with E-state index in [2.05, 4.69) is 5.32 Å². The average Bonchev–Trinajstić information content (AvgIpc) is 2.46. The van der Waals surface area contributed by atoms with Crippen LogP contribution in [0, 0.1) is 0 Å². The lowest BCUT2D eigenvalue weighted by atomic mass is 10.2. The molecule has 0 aliphatic carbocycles. The fourth-order valence-electron chi connectivity index (χ4n) is 2.30. The lowest BCUT2D eigenvalue weighted by molar-refractivity contribution is -0.684. The molecule has 0 saturated carbocycles. The maximum atomic E-state index is 12.4. The van der Waals surface area contributed by atoms with E-state index >= 15 is 0 Å². The zero-order valence-electron chi connectivity index (χ0n) is 11.2. The summed E-state index contributed by atoms with van der Waals surface area (Å²) in [7, 11) is 0. The van der Waals surface area contributed by atoms with Crippen LogP contribution in [0.4, 0.5) is 11.4 Å². The van der Waals surface area contributed by atoms with E-state index < -0.39 is 0 Å². The zero-order chi connectivity index (χ0) is 14.8. The average molecular weight is 284 g/mol. The van der Waals surface area contributed by atoms with Crippen LogP contribution >= 0.6 is 0 Å². The molecule has 1 aliphatic heterocycles. The molecule has 6 nitrogen and oxygen atoms in total. The van der Waals surface area contributed by atoms with Crippen molar-refractivity contribution in [2.45, 2.75) is 6.54 Å². The van der Waals surface area contributed by atoms with Crippen molar-refractivity contribution in [3.8, 4) is 5.75 Å². The number of carbonyl (C=O) groups is 2. The van der Waals surface area contributed by atoms with Crippen molar-refractivity contribution in [1.82, 2.24) is 0 Å². The summed E-state index contributed by atoms with van der Waals surface area (Å²) >= 11 is 0. The normalized spacial score (nSPS) is 13.5. The Labute approximate surface area is 121 Å². The molecule has 0 spiro atoms. The molecule has 1 aliphatic rings. The number of fused-ring (bicyclic) bond motifs is 1. The van der Waals surface area contributed by atoms with Crippen molar-refractivity contribution in [3.05, 3.63) is 48.8 Å². The molecule has 1 aromatic carbocycles. The largest absolute Gasteiger partial charge is 0.503 e. The van der Waals surface area contributed by atoms with E-state index in [0.717, 1.165) is 0 Å². The Morgan fingerprint density at radius 1 is 1.29 bits per heavy atom. The standard InChI is InChI=1S/C15H13N3O3/c19-11-4-3-7-17(8-11)10-15(21)18-9-14(20)16-12-5-1-2-6-13(12)18/h1-8H,9-10H2,(H-,16,19,20)/p+1. The molecule has 2 amide bonds. The van der Waals surface area contributed by atoms with Crippen LogP contribution in [0.15, 0.2) is 48.8 Å². The van der Waals surface area contributed by atoms with Crippen LogP contribution in [0.3, 0.4) is 0 Å². The van der Waals surface area contributed by atoms with Crippen molar-refractivity contribution >= 4 is 23.2 Å². The summed E-state index contributed by atoms with van der Waals surface area (Å²) in [6, 6.07) is 10.4. The minimum atomic E-state index is -0.219. The van der Waals surface area contributed by atoms with E-state index in [1.54, 1.807) is 35.0 Å². The highest BCUT2D eigenvalue weighted by atomic mass is 16.3. The molecule has 0 unspecified atom stereocenters. The van der Waals surface area contributed by atoms with Crippen LogP contribution in [-0.4, -0.2) is 23.5 Å². The third-order valence-electron chi connectivity index (χ3n) is 3.23. The first-order valence-electron chi connectivity index (χ1n) is 6.51. The highest BCUT2D eigenvalue weighted by Gasteiger charge is 2.28. The lowest BCUT2D eigenvalue weighted by Crippen LogP contribution is -2.48. The summed E-state index contributed by atoms with van der Waals surface area (Å²) in [5, 5.41) is 12.2. The Kier molecular flexibility index (Phi) is 3.27. The Balaban J connectivity index is 1.86. The maximum absolute atomic E-state index is 12.4. The van der Waals surface area contributed by atoms with Gasteiger partial charge in [-0.3, -0.25) is 14.5 Å². The molecule has 2 aromatic rings. The van der Waals surface area contributed by atoms with Gasteiger partial charge in [0.25, 0.3) is 5.91 Å². The van der Waals surface area contributed by atoms with Crippen molar-refractivity contribution < 1.29 is 19.3 Å². The Hall–Kier alpha value is -2.89. The minimum Gasteiger partial charge on any atom is -0.503 e. The van der Waals surface area contributed by atoms with Gasteiger partial charge in [0.15, 0.2) is 11.9 Å². The number of pyridine rings is 1. The van der Waals surface area contributed by atoms with Crippen LogP contribution in [0.5, 0.6) is 5.75 Å². The van der Waals surface area contributed by atoms with E-state index in [9.17, 15) is 14.7 Å². The number of carbonyl (C=O) groups excluding carboxylic acids is 2. The Bertz CT molecular complexity index is 715. The van der Waals surface area contributed by atoms with Crippen LogP contribution in [-0.2, 0) is 16.1 Å². The summed E-state index contributed by atoms with van der Waals surface area (Å²) in [4.78, 5) is 25.6. The summed E-state index contributed by atoms with van der Waals surface area (Å²) in [6.07, 6.45) is 3.15. The molecule has 1 aromatic heterocycles. The van der Waals surface area contributed by atoms with E-state index in [4.69, 9.17) is 0 Å². The van der Waals surface area contributed by atoms with Gasteiger partial charge in [0, 0.05) is 6.07 Å². The van der Waals surface area contributed by atoms with Gasteiger partial charge in [-0.1, -0.05) is 12.1 Å². The molecule has 2 heterocycles. The summed E-state index contributed by atoms with van der Waals surface area (Å²) in [5.41, 5.74) is 1.31. The number of hydrogen-bond acceptors (Lipinski definition) is 3. The predicted molar refractivity (Wildman–Crippen MR) is 75.7 cm³/mol. The molecule has 0 atom stereocenters. The molecule has 6 heteroatoms. The molecule has 0 bridgehead atoms. The van der Waals surface area contributed by atoms with Gasteiger partial charge in [0.1, 0.15) is 6.54 Å². The first-order valence-corrected chi connectivity index (χ1v) is 6.51. The molecule has 106 valence electrons. The Morgan fingerprint density at radius 3 is 2.90 bits per heavy atom.